The van der Waals surface area contributed by atoms with Crippen LogP contribution in [0.4, 0.5) is 0 Å². The number of rotatable bonds is 8. The number of fused-ring (bicyclic) bond motifs is 1. The minimum atomic E-state index is -3.13. The van der Waals surface area contributed by atoms with Gasteiger partial charge in [0.1, 0.15) is 0 Å². The summed E-state index contributed by atoms with van der Waals surface area (Å²) in [7, 11) is -3.13. The number of aliphatic hydroxyl groups is 1. The van der Waals surface area contributed by atoms with E-state index in [1.165, 1.54) is 21.7 Å². The molecule has 0 bridgehead atoms. The third-order valence-electron chi connectivity index (χ3n) is 6.15. The van der Waals surface area contributed by atoms with Crippen molar-refractivity contribution in [2.75, 3.05) is 39.0 Å². The zero-order valence-corrected chi connectivity index (χ0v) is 19.1. The van der Waals surface area contributed by atoms with Crippen molar-refractivity contribution in [1.82, 2.24) is 19.5 Å². The van der Waals surface area contributed by atoms with E-state index in [-0.39, 0.29) is 18.4 Å². The van der Waals surface area contributed by atoms with E-state index < -0.39 is 16.1 Å². The molecule has 2 N–H and O–H groups in total. The molecule has 1 aromatic carbocycles. The Balaban J connectivity index is 1.23. The van der Waals surface area contributed by atoms with Crippen LogP contribution in [0.1, 0.15) is 27.2 Å². The van der Waals surface area contributed by atoms with Crippen LogP contribution < -0.4 is 5.32 Å². The number of carbonyl (C=O) groups is 1. The number of benzene rings is 1. The summed E-state index contributed by atoms with van der Waals surface area (Å²) in [6, 6.07) is 11.8. The van der Waals surface area contributed by atoms with Crippen molar-refractivity contribution in [2.24, 2.45) is 5.92 Å². The van der Waals surface area contributed by atoms with Crippen molar-refractivity contribution in [3.8, 4) is 0 Å². The average molecular weight is 459 g/mol. The van der Waals surface area contributed by atoms with Crippen LogP contribution in [0.5, 0.6) is 0 Å². The Hall–Kier alpha value is -2.33. The quantitative estimate of drug-likeness (QED) is 0.603. The summed E-state index contributed by atoms with van der Waals surface area (Å²) in [5.74, 6) is -0.0323. The summed E-state index contributed by atoms with van der Waals surface area (Å²) >= 11 is 0. The van der Waals surface area contributed by atoms with Gasteiger partial charge in [0.15, 0.2) is 0 Å². The fourth-order valence-electron chi connectivity index (χ4n) is 4.33. The number of nitrogens with zero attached hydrogens (tertiary/aromatic N) is 3. The molecule has 3 heterocycles. The highest BCUT2D eigenvalue weighted by molar-refractivity contribution is 7.88. The highest BCUT2D eigenvalue weighted by atomic mass is 32.2. The van der Waals surface area contributed by atoms with Gasteiger partial charge in [-0.2, -0.15) is 0 Å². The first kappa shape index (κ1) is 22.8. The molecule has 0 radical (unpaired) electrons. The molecule has 4 rings (SSSR count). The van der Waals surface area contributed by atoms with E-state index in [2.05, 4.69) is 33.4 Å². The van der Waals surface area contributed by atoms with Gasteiger partial charge in [0.25, 0.3) is 5.91 Å². The molecule has 1 fully saturated rings. The molecule has 9 heteroatoms. The molecule has 1 aromatic heterocycles. The van der Waals surface area contributed by atoms with Crippen LogP contribution >= 0.6 is 0 Å². The number of hydrogen-bond acceptors (Lipinski definition) is 6. The molecule has 0 saturated carbocycles. The van der Waals surface area contributed by atoms with Gasteiger partial charge < -0.3 is 10.4 Å². The Morgan fingerprint density at radius 1 is 1.25 bits per heavy atom. The van der Waals surface area contributed by atoms with Crippen LogP contribution in [0.15, 0.2) is 42.6 Å². The molecule has 0 unspecified atom stereocenters. The second kappa shape index (κ2) is 9.66. The number of aromatic nitrogens is 1. The van der Waals surface area contributed by atoms with Gasteiger partial charge in [-0.05, 0) is 42.0 Å². The van der Waals surface area contributed by atoms with Crippen molar-refractivity contribution in [2.45, 2.75) is 25.5 Å². The molecule has 2 aliphatic heterocycles. The number of nitrogens with one attached hydrogen (secondary N) is 1. The summed E-state index contributed by atoms with van der Waals surface area (Å²) in [6.07, 6.45) is 3.76. The largest absolute Gasteiger partial charge is 0.390 e. The molecule has 0 aliphatic carbocycles. The maximum Gasteiger partial charge on any atom is 0.251 e. The lowest BCUT2D eigenvalue weighted by Gasteiger charge is -2.37. The van der Waals surface area contributed by atoms with Gasteiger partial charge in [0, 0.05) is 56.7 Å². The lowest BCUT2D eigenvalue weighted by molar-refractivity contribution is 0.0841. The van der Waals surface area contributed by atoms with Crippen molar-refractivity contribution < 1.29 is 18.3 Å². The van der Waals surface area contributed by atoms with Crippen LogP contribution in [0.2, 0.25) is 0 Å². The van der Waals surface area contributed by atoms with Crippen molar-refractivity contribution in [3.63, 3.8) is 0 Å². The number of sulfonamides is 1. The molecule has 2 aromatic rings. The van der Waals surface area contributed by atoms with E-state index in [1.807, 2.05) is 6.07 Å². The Morgan fingerprint density at radius 3 is 2.75 bits per heavy atom. The predicted octanol–water partition coefficient (Wildman–Crippen LogP) is 0.665. The Morgan fingerprint density at radius 2 is 2.00 bits per heavy atom. The van der Waals surface area contributed by atoms with Crippen molar-refractivity contribution in [3.05, 3.63) is 65.0 Å². The van der Waals surface area contributed by atoms with Gasteiger partial charge >= 0.3 is 0 Å². The summed E-state index contributed by atoms with van der Waals surface area (Å²) < 4.78 is 24.4. The maximum atomic E-state index is 12.6. The predicted molar refractivity (Wildman–Crippen MR) is 122 cm³/mol. The molecule has 172 valence electrons. The maximum absolute atomic E-state index is 12.6. The van der Waals surface area contributed by atoms with E-state index in [4.69, 9.17) is 0 Å². The Bertz CT molecular complexity index is 1070. The molecule has 32 heavy (non-hydrogen) atoms. The summed E-state index contributed by atoms with van der Waals surface area (Å²) in [4.78, 5) is 19.1. The van der Waals surface area contributed by atoms with Gasteiger partial charge in [0.2, 0.25) is 10.0 Å². The number of pyridine rings is 1. The molecule has 8 nitrogen and oxygen atoms in total. The molecule has 1 amide bonds. The van der Waals surface area contributed by atoms with E-state index in [9.17, 15) is 18.3 Å². The zero-order valence-electron chi connectivity index (χ0n) is 18.3. The van der Waals surface area contributed by atoms with Crippen LogP contribution in [0.25, 0.3) is 0 Å². The highest BCUT2D eigenvalue weighted by Gasteiger charge is 2.33. The van der Waals surface area contributed by atoms with Gasteiger partial charge in [-0.25, -0.2) is 12.7 Å². The lowest BCUT2D eigenvalue weighted by atomic mass is 9.96. The van der Waals surface area contributed by atoms with E-state index in [0.29, 0.717) is 31.6 Å². The topological polar surface area (TPSA) is 103 Å². The first-order valence-corrected chi connectivity index (χ1v) is 12.8. The number of β-amino-alcohol motifs (C(OH)–C–C–N with tert-alkyl or cyclic N) is 1. The highest BCUT2D eigenvalue weighted by Crippen LogP contribution is 2.22. The standard InChI is InChI=1S/C23H30N4O4S/c1-32(30,31)27-13-17(14-27)10-21-11-19(6-8-24-21)23(29)25-12-22(28)16-26-9-7-18-4-2-3-5-20(18)15-26/h2-6,8,11,17,22,28H,7,9-10,12-16H2,1H3,(H,25,29)/t22-/m0/s1. The number of hydrogen-bond donors (Lipinski definition) is 2. The van der Waals surface area contributed by atoms with Gasteiger partial charge in [0.05, 0.1) is 12.4 Å². The van der Waals surface area contributed by atoms with Crippen LogP contribution in [-0.4, -0.2) is 78.7 Å². The molecule has 1 saturated heterocycles. The smallest absolute Gasteiger partial charge is 0.251 e. The minimum absolute atomic E-state index is 0.181. The SMILES string of the molecule is CS(=O)(=O)N1CC(Cc2cc(C(=O)NC[C@H](O)CN3CCc4ccccc4C3)ccn2)C1. The monoisotopic (exact) mass is 458 g/mol. The Kier molecular flexibility index (Phi) is 6.90. The fraction of sp³-hybridized carbons (Fsp3) is 0.478. The second-order valence-electron chi connectivity index (χ2n) is 8.80. The first-order chi connectivity index (χ1) is 15.3. The van der Waals surface area contributed by atoms with E-state index >= 15 is 0 Å². The van der Waals surface area contributed by atoms with Crippen LogP contribution in [-0.2, 0) is 29.4 Å². The number of carbonyl (C=O) groups excluding carboxylic acids is 1. The summed E-state index contributed by atoms with van der Waals surface area (Å²) in [6.45, 7) is 3.38. The van der Waals surface area contributed by atoms with Crippen LogP contribution in [0.3, 0.4) is 0 Å². The van der Waals surface area contributed by atoms with Crippen molar-refractivity contribution in [1.29, 1.82) is 0 Å². The average Bonchev–Trinajstić information content (AvgIpc) is 2.73. The Labute approximate surface area is 189 Å². The van der Waals surface area contributed by atoms with Gasteiger partial charge in [-0.15, -0.1) is 0 Å². The summed E-state index contributed by atoms with van der Waals surface area (Å²) in [5, 5.41) is 13.2. The second-order valence-corrected chi connectivity index (χ2v) is 10.8. The van der Waals surface area contributed by atoms with E-state index in [0.717, 1.165) is 25.2 Å². The third-order valence-corrected chi connectivity index (χ3v) is 7.38. The molecule has 2 aliphatic rings. The molecular formula is C23H30N4O4S. The molecule has 0 spiro atoms. The van der Waals surface area contributed by atoms with Gasteiger partial charge in [-0.3, -0.25) is 14.7 Å². The van der Waals surface area contributed by atoms with Gasteiger partial charge in [-0.1, -0.05) is 24.3 Å². The fourth-order valence-corrected chi connectivity index (χ4v) is 5.30. The number of amides is 1. The summed E-state index contributed by atoms with van der Waals surface area (Å²) in [5.41, 5.74) is 3.92. The number of aliphatic hydroxyl groups excluding tert-OH is 1. The van der Waals surface area contributed by atoms with E-state index in [1.54, 1.807) is 18.3 Å². The van der Waals surface area contributed by atoms with Crippen LogP contribution in [0, 0.1) is 5.92 Å². The molecular weight excluding hydrogens is 428 g/mol. The first-order valence-electron chi connectivity index (χ1n) is 10.9. The normalized spacial score (nSPS) is 18.6. The lowest BCUT2D eigenvalue weighted by Crippen LogP contribution is -2.50. The van der Waals surface area contributed by atoms with Crippen molar-refractivity contribution >= 4 is 15.9 Å². The third kappa shape index (κ3) is 5.72. The molecule has 1 atom stereocenters. The zero-order chi connectivity index (χ0) is 22.7. The minimum Gasteiger partial charge on any atom is -0.390 e.